The molecule has 1 spiro atoms. The van der Waals surface area contributed by atoms with Crippen LogP contribution in [0.4, 0.5) is 0 Å². The van der Waals surface area contributed by atoms with Gasteiger partial charge in [-0.05, 0) is 56.5 Å². The van der Waals surface area contributed by atoms with Gasteiger partial charge in [0.05, 0.1) is 30.4 Å². The highest BCUT2D eigenvalue weighted by molar-refractivity contribution is 7.90. The van der Waals surface area contributed by atoms with Gasteiger partial charge in [-0.2, -0.15) is 8.42 Å². The molecule has 58 heavy (non-hydrogen) atoms. The van der Waals surface area contributed by atoms with Crippen molar-refractivity contribution in [2.75, 3.05) is 13.2 Å². The average Bonchev–Trinajstić information content (AvgIpc) is 3.70. The fraction of sp³-hybridized carbons (Fsp3) is 0.730. The fourth-order valence-electron chi connectivity index (χ4n) is 6.95. The highest BCUT2D eigenvalue weighted by Crippen LogP contribution is 2.52. The van der Waals surface area contributed by atoms with Crippen molar-refractivity contribution >= 4 is 26.8 Å². The molecule has 326 valence electrons. The zero-order chi connectivity index (χ0) is 43.7. The van der Waals surface area contributed by atoms with E-state index in [0.29, 0.717) is 0 Å². The van der Waals surface area contributed by atoms with E-state index in [1.807, 2.05) is 47.0 Å². The number of aromatic nitrogens is 4. The number of nitrogens with two attached hydrogens (primary N) is 1. The molecule has 7 atom stereocenters. The molecule has 21 heteroatoms. The minimum absolute atomic E-state index is 0.00993. The maximum atomic E-state index is 14.5. The van der Waals surface area contributed by atoms with Crippen LogP contribution >= 0.6 is 0 Å². The van der Waals surface area contributed by atoms with Crippen LogP contribution < -0.4 is 28.2 Å². The van der Waals surface area contributed by atoms with Crippen LogP contribution in [0.1, 0.15) is 78.0 Å². The normalized spacial score (nSPS) is 27.8. The Morgan fingerprint density at radius 3 is 1.86 bits per heavy atom. The molecule has 5 heterocycles. The predicted octanol–water partition coefficient (Wildman–Crippen LogP) is 1.89. The van der Waals surface area contributed by atoms with Crippen molar-refractivity contribution in [3.8, 4) is 0 Å². The van der Waals surface area contributed by atoms with Crippen molar-refractivity contribution in [3.63, 3.8) is 0 Å². The van der Waals surface area contributed by atoms with E-state index in [0.717, 1.165) is 14.5 Å². The van der Waals surface area contributed by atoms with Crippen LogP contribution in [0.5, 0.6) is 0 Å². The van der Waals surface area contributed by atoms with E-state index in [2.05, 4.69) is 20.8 Å². The Morgan fingerprint density at radius 1 is 0.879 bits per heavy atom. The summed E-state index contributed by atoms with van der Waals surface area (Å²) in [7, 11) is -9.65. The predicted molar refractivity (Wildman–Crippen MR) is 220 cm³/mol. The van der Waals surface area contributed by atoms with Crippen LogP contribution in [0.15, 0.2) is 42.7 Å². The van der Waals surface area contributed by atoms with Crippen molar-refractivity contribution in [2.45, 2.75) is 160 Å². The molecule has 18 nitrogen and oxygen atoms in total. The van der Waals surface area contributed by atoms with E-state index in [1.165, 1.54) is 35.4 Å². The third-order valence-corrected chi connectivity index (χ3v) is 22.5. The van der Waals surface area contributed by atoms with Gasteiger partial charge in [0, 0.05) is 43.0 Å². The summed E-state index contributed by atoms with van der Waals surface area (Å²) in [5.41, 5.74) is 2.15. The molecule has 3 aliphatic rings. The molecule has 0 aliphatic carbocycles. The lowest BCUT2D eigenvalue weighted by Crippen LogP contribution is -2.59. The second-order valence-corrected chi connectivity index (χ2v) is 29.7. The van der Waals surface area contributed by atoms with Gasteiger partial charge < -0.3 is 34.3 Å². The summed E-state index contributed by atoms with van der Waals surface area (Å²) >= 11 is 0. The van der Waals surface area contributed by atoms with Crippen molar-refractivity contribution in [1.29, 1.82) is 0 Å². The maximum absolute atomic E-state index is 14.5. The van der Waals surface area contributed by atoms with Gasteiger partial charge in [-0.15, -0.1) is 0 Å². The van der Waals surface area contributed by atoms with Gasteiger partial charge in [0.25, 0.3) is 21.2 Å². The zero-order valence-electron chi connectivity index (χ0n) is 35.6. The van der Waals surface area contributed by atoms with E-state index in [9.17, 15) is 37.8 Å². The second-order valence-electron chi connectivity index (χ2n) is 18.7. The Morgan fingerprint density at radius 2 is 1.40 bits per heavy atom. The quantitative estimate of drug-likeness (QED) is 0.204. The lowest BCUT2D eigenvalue weighted by molar-refractivity contribution is -0.0567. The summed E-state index contributed by atoms with van der Waals surface area (Å²) in [4.78, 5) is 54.9. The first-order chi connectivity index (χ1) is 26.5. The lowest BCUT2D eigenvalue weighted by Gasteiger charge is -2.43. The summed E-state index contributed by atoms with van der Waals surface area (Å²) in [5.74, 6) is 0. The molecule has 0 radical (unpaired) electrons. The molecule has 2 saturated heterocycles. The molecule has 4 unspecified atom stereocenters. The molecular formula is C37H61N5O13SSi2. The van der Waals surface area contributed by atoms with Gasteiger partial charge in [0.1, 0.15) is 24.5 Å². The molecule has 4 N–H and O–H groups in total. The Labute approximate surface area is 340 Å². The number of nitrogens with zero attached hydrogens (tertiary/aromatic N) is 4. The van der Waals surface area contributed by atoms with Crippen molar-refractivity contribution in [2.24, 2.45) is 5.73 Å². The number of aryl methyl sites for hydroxylation is 2. The first-order valence-electron chi connectivity index (χ1n) is 19.5. The standard InChI is InChI=1S/C37H61N5O13SSi2/c1-22-17-41(28-16-24(44)25(19-43)52-28)33(47)39(30(22)45)14-13-15-40-31(46)23(2)18-42(34(40)48)32-29(54-58(11,12)36(6,7)8)37(26(38)21-56(49,50)55-37)27(53-32)20-51-57(9,10)35(3,4)5/h17-18,21,24-25,27-29,32,43-44H,13-16,19-20,38H2,1-12H3/t24-,25+,27?,28?,29-,32?,37?/m0/s1. The van der Waals surface area contributed by atoms with E-state index in [1.54, 1.807) is 0 Å². The third kappa shape index (κ3) is 8.35. The number of aliphatic hydroxyl groups is 2. The van der Waals surface area contributed by atoms with Gasteiger partial charge in [-0.3, -0.25) is 27.9 Å². The van der Waals surface area contributed by atoms with E-state index in [4.69, 9.17) is 28.2 Å². The SMILES string of the molecule is Cc1cn(C2C[C@H](O)[C@@H](CO)O2)c(=O)n(CCCn2c(=O)c(C)cn(C3OC(CO[Si](C)(C)C(C)(C)C)C4(OS(=O)(=O)C=C4N)[C@H]3O[Si](C)(C)C(C)(C)C)c2=O)c1=O. The first kappa shape index (κ1) is 46.1. The summed E-state index contributed by atoms with van der Waals surface area (Å²) in [6.45, 7) is 22.2. The molecule has 2 aromatic rings. The van der Waals surface area contributed by atoms with Crippen molar-refractivity contribution in [3.05, 3.63) is 76.3 Å². The van der Waals surface area contributed by atoms with E-state index < -0.39 is 103 Å². The highest BCUT2D eigenvalue weighted by Gasteiger charge is 2.67. The molecule has 2 fully saturated rings. The van der Waals surface area contributed by atoms with Gasteiger partial charge in [-0.25, -0.2) is 13.8 Å². The number of ether oxygens (including phenoxy) is 2. The maximum Gasteiger partial charge on any atom is 0.333 e. The van der Waals surface area contributed by atoms with Crippen LogP contribution in [0.3, 0.4) is 0 Å². The molecule has 5 rings (SSSR count). The minimum Gasteiger partial charge on any atom is -0.414 e. The molecule has 0 saturated carbocycles. The third-order valence-electron chi connectivity index (χ3n) is 12.5. The van der Waals surface area contributed by atoms with Crippen LogP contribution in [0.2, 0.25) is 36.3 Å². The van der Waals surface area contributed by atoms with Crippen LogP contribution in [0, 0.1) is 13.8 Å². The second kappa shape index (κ2) is 15.8. The van der Waals surface area contributed by atoms with Gasteiger partial charge >= 0.3 is 11.4 Å². The molecule has 0 amide bonds. The summed E-state index contributed by atoms with van der Waals surface area (Å²) in [6, 6.07) is 0. The molecule has 3 aliphatic heterocycles. The number of hydrogen-bond donors (Lipinski definition) is 3. The lowest BCUT2D eigenvalue weighted by atomic mass is 9.89. The summed E-state index contributed by atoms with van der Waals surface area (Å²) in [5, 5.41) is 20.0. The highest BCUT2D eigenvalue weighted by atomic mass is 32.2. The minimum atomic E-state index is -4.33. The molecule has 2 aromatic heterocycles. The topological polar surface area (TPSA) is 235 Å². The zero-order valence-corrected chi connectivity index (χ0v) is 38.4. The molecular weight excluding hydrogens is 811 g/mol. The largest absolute Gasteiger partial charge is 0.414 e. The monoisotopic (exact) mass is 871 g/mol. The number of aliphatic hydroxyl groups excluding tert-OH is 2. The number of rotatable bonds is 12. The van der Waals surface area contributed by atoms with Gasteiger partial charge in [0.2, 0.25) is 0 Å². The Kier molecular flexibility index (Phi) is 12.5. The summed E-state index contributed by atoms with van der Waals surface area (Å²) in [6.07, 6.45) is -3.97. The summed E-state index contributed by atoms with van der Waals surface area (Å²) < 4.78 is 62.5. The van der Waals surface area contributed by atoms with Crippen molar-refractivity contribution < 1.29 is 41.1 Å². The first-order valence-corrected chi connectivity index (χ1v) is 26.8. The van der Waals surface area contributed by atoms with E-state index >= 15 is 0 Å². The van der Waals surface area contributed by atoms with Gasteiger partial charge in [0.15, 0.2) is 28.5 Å². The van der Waals surface area contributed by atoms with Gasteiger partial charge in [-0.1, -0.05) is 41.5 Å². The van der Waals surface area contributed by atoms with Crippen molar-refractivity contribution in [1.82, 2.24) is 18.3 Å². The van der Waals surface area contributed by atoms with Crippen LogP contribution in [0.25, 0.3) is 0 Å². The number of hydrogen-bond acceptors (Lipinski definition) is 14. The Bertz CT molecular complexity index is 2290. The molecule has 0 aromatic carbocycles. The van der Waals surface area contributed by atoms with Crippen LogP contribution in [-0.4, -0.2) is 96.8 Å². The van der Waals surface area contributed by atoms with Crippen LogP contribution in [-0.2, 0) is 45.7 Å². The fourth-order valence-corrected chi connectivity index (χ4v) is 10.5. The smallest absolute Gasteiger partial charge is 0.333 e. The molecule has 0 bridgehead atoms. The van der Waals surface area contributed by atoms with E-state index in [-0.39, 0.29) is 54.4 Å². The Balaban J connectivity index is 1.57. The average molecular weight is 872 g/mol. The Hall–Kier alpha value is -3.00.